The summed E-state index contributed by atoms with van der Waals surface area (Å²) in [4.78, 5) is 23.4. The molecule has 0 saturated carbocycles. The van der Waals surface area contributed by atoms with Crippen LogP contribution in [0.1, 0.15) is 32.2 Å². The third kappa shape index (κ3) is 31.3. The molecule has 97 valence electrons. The predicted molar refractivity (Wildman–Crippen MR) is 65.3 cm³/mol. The monoisotopic (exact) mass is 325 g/mol. The van der Waals surface area contributed by atoms with Crippen molar-refractivity contribution in [2.24, 2.45) is 0 Å². The molecule has 1 radical (unpaired) electrons. The number of hydrogen-bond acceptors (Lipinski definition) is 4. The average molecular weight is 324 g/mol. The topological polar surface area (TPSA) is 59.9 Å². The van der Waals surface area contributed by atoms with E-state index in [1.54, 1.807) is 6.33 Å². The van der Waals surface area contributed by atoms with Crippen molar-refractivity contribution < 1.29 is 29.1 Å². The number of nitrogens with zero attached hydrogens (tertiary/aromatic N) is 2. The van der Waals surface area contributed by atoms with Crippen LogP contribution in [-0.4, -0.2) is 23.5 Å². The Hall–Kier alpha value is -0.957. The predicted octanol–water partition coefficient (Wildman–Crippen LogP) is 2.16. The minimum absolute atomic E-state index is 0. The number of hydrogen-bond donors (Lipinski definition) is 0. The second kappa shape index (κ2) is 20.5. The van der Waals surface area contributed by atoms with Crippen molar-refractivity contribution in [3.63, 3.8) is 0 Å². The summed E-state index contributed by atoms with van der Waals surface area (Å²) in [5.74, 6) is 1.42. The van der Waals surface area contributed by atoms with Crippen LogP contribution in [-0.2, 0) is 29.1 Å². The Morgan fingerprint density at radius 1 is 0.941 bits per heavy atom. The maximum atomic E-state index is 7.75. The average Bonchev–Trinajstić information content (AvgIpc) is 2.22. The fourth-order valence-electron chi connectivity index (χ4n) is 0.588. The molecule has 0 atom stereocenters. The molecule has 5 heteroatoms. The summed E-state index contributed by atoms with van der Waals surface area (Å²) < 4.78 is 0. The number of aromatic nitrogens is 2. The van der Waals surface area contributed by atoms with E-state index in [1.807, 2.05) is 19.9 Å². The summed E-state index contributed by atoms with van der Waals surface area (Å²) in [7, 11) is 0. The Labute approximate surface area is 117 Å². The molecule has 1 rings (SSSR count). The minimum atomic E-state index is 0. The molecule has 0 spiro atoms. The van der Waals surface area contributed by atoms with Gasteiger partial charge in [-0.05, 0) is 19.9 Å². The van der Waals surface area contributed by atoms with Gasteiger partial charge in [-0.25, -0.2) is 9.97 Å². The van der Waals surface area contributed by atoms with Gasteiger partial charge in [0.2, 0.25) is 0 Å². The zero-order valence-corrected chi connectivity index (χ0v) is 12.6. The normalized spacial score (nSPS) is 6.94. The first-order chi connectivity index (χ1) is 7.52. The van der Waals surface area contributed by atoms with Gasteiger partial charge in [0, 0.05) is 11.4 Å². The van der Waals surface area contributed by atoms with Gasteiger partial charge in [-0.1, -0.05) is 0 Å². The number of rotatable bonds is 0. The van der Waals surface area contributed by atoms with Gasteiger partial charge in [0.25, 0.3) is 0 Å². The van der Waals surface area contributed by atoms with E-state index >= 15 is 0 Å². The van der Waals surface area contributed by atoms with E-state index in [2.05, 4.69) is 44.3 Å². The Kier molecular flexibility index (Phi) is 30.1. The molecule has 0 fully saturated rings. The van der Waals surface area contributed by atoms with Crippen molar-refractivity contribution in [1.29, 1.82) is 0 Å². The van der Waals surface area contributed by atoms with Crippen molar-refractivity contribution in [2.45, 2.75) is 34.6 Å². The minimum Gasteiger partial charge on any atom is -0.545 e. The first-order valence-corrected chi connectivity index (χ1v) is 4.51. The van der Waals surface area contributed by atoms with Gasteiger partial charge in [0.1, 0.15) is 6.33 Å². The van der Waals surface area contributed by atoms with E-state index in [0.717, 1.165) is 11.4 Å². The molecule has 0 unspecified atom stereocenters. The van der Waals surface area contributed by atoms with Crippen LogP contribution < -0.4 is 0 Å². The van der Waals surface area contributed by atoms with Crippen LogP contribution in [0.3, 0.4) is 0 Å². The van der Waals surface area contributed by atoms with E-state index in [9.17, 15) is 0 Å². The quantitative estimate of drug-likeness (QED) is 0.417. The van der Waals surface area contributed by atoms with Crippen molar-refractivity contribution in [1.82, 2.24) is 9.97 Å². The second-order valence-corrected chi connectivity index (χ2v) is 3.30. The zero-order valence-electron chi connectivity index (χ0n) is 10.9. The second-order valence-electron chi connectivity index (χ2n) is 3.30. The summed E-state index contributed by atoms with van der Waals surface area (Å²) in [5, 5.41) is 0. The molecule has 1 aromatic heterocycles. The fraction of sp³-hybridized carbons (Fsp3) is 0.417. The molecular formula is C12H19N2O2Ru. The van der Waals surface area contributed by atoms with Crippen molar-refractivity contribution in [3.05, 3.63) is 29.7 Å². The van der Waals surface area contributed by atoms with Gasteiger partial charge in [-0.3, -0.25) is 13.6 Å². The van der Waals surface area contributed by atoms with E-state index in [4.69, 9.17) is 9.59 Å². The van der Waals surface area contributed by atoms with Crippen LogP contribution in [0.4, 0.5) is 0 Å². The van der Waals surface area contributed by atoms with Gasteiger partial charge in [-0.15, -0.1) is 0 Å². The van der Waals surface area contributed by atoms with Gasteiger partial charge in [0.15, 0.2) is 0 Å². The smallest absolute Gasteiger partial charge is 0.545 e. The third-order valence-corrected chi connectivity index (χ3v) is 0.941. The van der Waals surface area contributed by atoms with Crippen molar-refractivity contribution >= 4 is 13.6 Å². The van der Waals surface area contributed by atoms with Gasteiger partial charge in [-0.2, -0.15) is 20.8 Å². The standard InChI is InChI=1S/C6H8N2.C4H9.2CHO.Ru/c1-5-3-6(2)8-4-7-5;1-4(2)3;2*1-2;/h3-4H,1-2H3;1-3H3;2*1H;/q;3*-1;+3. The molecule has 0 saturated heterocycles. The van der Waals surface area contributed by atoms with Gasteiger partial charge < -0.3 is 15.5 Å². The molecule has 0 N–H and O–H groups in total. The van der Waals surface area contributed by atoms with Crippen LogP contribution >= 0.6 is 0 Å². The molecule has 1 heterocycles. The van der Waals surface area contributed by atoms with Gasteiger partial charge >= 0.3 is 19.5 Å². The van der Waals surface area contributed by atoms with Crippen LogP contribution in [0, 0.1) is 19.8 Å². The molecule has 0 bridgehead atoms. The van der Waals surface area contributed by atoms with Gasteiger partial charge in [0.05, 0.1) is 0 Å². The molecular weight excluding hydrogens is 305 g/mol. The Balaban J connectivity index is -0.0000000814. The Morgan fingerprint density at radius 2 is 1.18 bits per heavy atom. The summed E-state index contributed by atoms with van der Waals surface area (Å²) in [6.45, 7) is 16.7. The first-order valence-electron chi connectivity index (χ1n) is 4.51. The SMILES string of the molecule is C[C-](C)C.Cc1cc(C)ncn1.[CH-]=O.[CH-]=O.[Ru+3]. The molecule has 0 aliphatic rings. The van der Waals surface area contributed by atoms with E-state index < -0.39 is 0 Å². The maximum absolute atomic E-state index is 7.75. The van der Waals surface area contributed by atoms with Crippen LogP contribution in [0.25, 0.3) is 0 Å². The van der Waals surface area contributed by atoms with E-state index in [-0.39, 0.29) is 19.5 Å². The zero-order chi connectivity index (χ0) is 13.6. The van der Waals surface area contributed by atoms with E-state index in [1.165, 1.54) is 5.92 Å². The molecule has 4 nitrogen and oxygen atoms in total. The number of aryl methyl sites for hydroxylation is 2. The van der Waals surface area contributed by atoms with Crippen LogP contribution in [0.2, 0.25) is 0 Å². The van der Waals surface area contributed by atoms with Crippen LogP contribution in [0.15, 0.2) is 12.4 Å². The third-order valence-electron chi connectivity index (χ3n) is 0.941. The molecule has 0 aromatic carbocycles. The first kappa shape index (κ1) is 25.0. The largest absolute Gasteiger partial charge is 3.00 e. The number of carbonyl (C=O) groups excluding carboxylic acids is 2. The fourth-order valence-corrected chi connectivity index (χ4v) is 0.588. The van der Waals surface area contributed by atoms with Crippen molar-refractivity contribution in [2.75, 3.05) is 0 Å². The van der Waals surface area contributed by atoms with Crippen LogP contribution in [0.5, 0.6) is 0 Å². The maximum Gasteiger partial charge on any atom is 3.00 e. The Morgan fingerprint density at radius 3 is 1.29 bits per heavy atom. The summed E-state index contributed by atoms with van der Waals surface area (Å²) >= 11 is 0. The van der Waals surface area contributed by atoms with E-state index in [0.29, 0.717) is 0 Å². The molecule has 0 aliphatic carbocycles. The summed E-state index contributed by atoms with van der Waals surface area (Å²) in [6.07, 6.45) is 1.57. The summed E-state index contributed by atoms with van der Waals surface area (Å²) in [6, 6.07) is 1.94. The summed E-state index contributed by atoms with van der Waals surface area (Å²) in [5.41, 5.74) is 2.05. The molecule has 17 heavy (non-hydrogen) atoms. The molecule has 1 aromatic rings. The molecule has 0 amide bonds. The molecule has 0 aliphatic heterocycles. The van der Waals surface area contributed by atoms with Crippen molar-refractivity contribution in [3.8, 4) is 0 Å². The Bertz CT molecular complexity index is 236.